The number of carbonyl (C=O) groups is 3. The van der Waals surface area contributed by atoms with Gasteiger partial charge in [-0.25, -0.2) is 4.79 Å². The highest BCUT2D eigenvalue weighted by Crippen LogP contribution is 2.22. The molecule has 1 aromatic rings. The molecule has 8 heteroatoms. The number of ether oxygens (including phenoxy) is 1. The molecule has 144 valence electrons. The third-order valence-corrected chi connectivity index (χ3v) is 3.46. The molecule has 0 spiro atoms. The van der Waals surface area contributed by atoms with E-state index in [9.17, 15) is 14.4 Å². The van der Waals surface area contributed by atoms with Crippen molar-refractivity contribution in [2.45, 2.75) is 33.3 Å². The molecule has 0 aliphatic carbocycles. The number of anilines is 1. The molecular formula is C18H27N3O4S. The zero-order valence-corrected chi connectivity index (χ0v) is 16.6. The lowest BCUT2D eigenvalue weighted by Crippen LogP contribution is -2.36. The number of nitrogens with zero attached hydrogens (tertiary/aromatic N) is 1. The molecule has 2 rings (SSSR count). The van der Waals surface area contributed by atoms with E-state index in [1.807, 2.05) is 33.8 Å². The van der Waals surface area contributed by atoms with Crippen molar-refractivity contribution in [3.05, 3.63) is 29.8 Å². The molecule has 1 aliphatic heterocycles. The molecule has 0 radical (unpaired) electrons. The number of amides is 3. The van der Waals surface area contributed by atoms with E-state index < -0.39 is 5.60 Å². The molecule has 7 nitrogen and oxygen atoms in total. The molecule has 3 amide bonds. The first-order valence-electron chi connectivity index (χ1n) is 8.45. The zero-order valence-electron chi connectivity index (χ0n) is 15.7. The summed E-state index contributed by atoms with van der Waals surface area (Å²) in [4.78, 5) is 35.8. The van der Waals surface area contributed by atoms with Crippen molar-refractivity contribution in [1.29, 1.82) is 0 Å². The van der Waals surface area contributed by atoms with Gasteiger partial charge in [0.1, 0.15) is 5.60 Å². The first kappa shape index (κ1) is 21.8. The molecule has 0 saturated carbocycles. The van der Waals surface area contributed by atoms with Gasteiger partial charge < -0.3 is 20.3 Å². The van der Waals surface area contributed by atoms with Gasteiger partial charge in [0, 0.05) is 18.8 Å². The molecule has 0 aromatic heterocycles. The van der Waals surface area contributed by atoms with E-state index in [-0.39, 0.29) is 24.5 Å². The number of fused-ring (bicyclic) bond motifs is 1. The second-order valence-corrected chi connectivity index (χ2v) is 6.94. The van der Waals surface area contributed by atoms with E-state index in [0.29, 0.717) is 30.1 Å². The van der Waals surface area contributed by atoms with Crippen molar-refractivity contribution < 1.29 is 19.1 Å². The normalized spacial score (nSPS) is 13.7. The fourth-order valence-corrected chi connectivity index (χ4v) is 2.31. The van der Waals surface area contributed by atoms with E-state index in [2.05, 4.69) is 23.3 Å². The first-order chi connectivity index (χ1) is 12.2. The van der Waals surface area contributed by atoms with Crippen LogP contribution in [0.4, 0.5) is 10.5 Å². The Bertz CT molecular complexity index is 644. The van der Waals surface area contributed by atoms with Gasteiger partial charge in [0.05, 0.1) is 17.8 Å². The van der Waals surface area contributed by atoms with Crippen molar-refractivity contribution in [1.82, 2.24) is 10.6 Å². The van der Waals surface area contributed by atoms with E-state index in [4.69, 9.17) is 4.74 Å². The zero-order chi connectivity index (χ0) is 19.7. The van der Waals surface area contributed by atoms with Gasteiger partial charge in [-0.05, 0) is 39.8 Å². The molecule has 26 heavy (non-hydrogen) atoms. The molecule has 0 bridgehead atoms. The number of thiol groups is 1. The molecule has 0 fully saturated rings. The fraction of sp³-hybridized carbons (Fsp3) is 0.500. The summed E-state index contributed by atoms with van der Waals surface area (Å²) in [6, 6.07) is 7.14. The van der Waals surface area contributed by atoms with Gasteiger partial charge in [-0.1, -0.05) is 12.1 Å². The SMILES string of the molecule is CC(C)(C)OC(=O)NCCS.CCN1C(=O)CNC(=O)c2ccccc21. The number of nitrogens with one attached hydrogen (secondary N) is 2. The second kappa shape index (κ2) is 10.1. The summed E-state index contributed by atoms with van der Waals surface area (Å²) >= 11 is 3.94. The highest BCUT2D eigenvalue weighted by molar-refractivity contribution is 7.80. The van der Waals surface area contributed by atoms with Crippen molar-refractivity contribution in [2.75, 3.05) is 30.3 Å². The monoisotopic (exact) mass is 381 g/mol. The summed E-state index contributed by atoms with van der Waals surface area (Å²) < 4.78 is 4.96. The molecule has 1 aliphatic rings. The number of carbonyl (C=O) groups excluding carboxylic acids is 3. The van der Waals surface area contributed by atoms with Crippen LogP contribution in [0, 0.1) is 0 Å². The van der Waals surface area contributed by atoms with Crippen LogP contribution in [-0.4, -0.2) is 48.9 Å². The average molecular weight is 381 g/mol. The van der Waals surface area contributed by atoms with Crippen LogP contribution >= 0.6 is 12.6 Å². The molecule has 0 saturated heterocycles. The predicted octanol–water partition coefficient (Wildman–Crippen LogP) is 2.22. The molecule has 0 atom stereocenters. The average Bonchev–Trinajstić information content (AvgIpc) is 2.69. The number of benzene rings is 1. The topological polar surface area (TPSA) is 87.7 Å². The van der Waals surface area contributed by atoms with E-state index in [0.717, 1.165) is 0 Å². The Morgan fingerprint density at radius 1 is 1.31 bits per heavy atom. The number of para-hydroxylation sites is 1. The Labute approximate surface area is 159 Å². The minimum absolute atomic E-state index is 0.0708. The molecule has 2 N–H and O–H groups in total. The summed E-state index contributed by atoms with van der Waals surface area (Å²) in [5.41, 5.74) is 0.839. The predicted molar refractivity (Wildman–Crippen MR) is 105 cm³/mol. The molecule has 0 unspecified atom stereocenters. The van der Waals surface area contributed by atoms with Gasteiger partial charge >= 0.3 is 6.09 Å². The third kappa shape index (κ3) is 6.95. The standard InChI is InChI=1S/C11H12N2O2.C7H15NO2S/c1-2-13-9-6-4-3-5-8(9)11(15)12-7-10(13)14;1-7(2,3)10-6(9)8-4-5-11/h3-6H,2,7H2,1H3,(H,12,15);11H,4-5H2,1-3H3,(H,8,9). The van der Waals surface area contributed by atoms with Gasteiger partial charge in [-0.15, -0.1) is 0 Å². The van der Waals surface area contributed by atoms with Crippen LogP contribution in [0.15, 0.2) is 24.3 Å². The van der Waals surface area contributed by atoms with Crippen LogP contribution in [-0.2, 0) is 9.53 Å². The summed E-state index contributed by atoms with van der Waals surface area (Å²) in [5.74, 6) is 0.366. The smallest absolute Gasteiger partial charge is 0.407 e. The van der Waals surface area contributed by atoms with Crippen LogP contribution < -0.4 is 15.5 Å². The quantitative estimate of drug-likeness (QED) is 0.701. The van der Waals surface area contributed by atoms with Crippen molar-refractivity contribution in [3.63, 3.8) is 0 Å². The maximum absolute atomic E-state index is 11.7. The van der Waals surface area contributed by atoms with Crippen LogP contribution in [0.5, 0.6) is 0 Å². The summed E-state index contributed by atoms with van der Waals surface area (Å²) in [6.07, 6.45) is -0.383. The van der Waals surface area contributed by atoms with Crippen LogP contribution in [0.25, 0.3) is 0 Å². The Kier molecular flexibility index (Phi) is 8.44. The van der Waals surface area contributed by atoms with Crippen LogP contribution in [0.1, 0.15) is 38.1 Å². The minimum Gasteiger partial charge on any atom is -0.444 e. The minimum atomic E-state index is -0.416. The Morgan fingerprint density at radius 3 is 2.54 bits per heavy atom. The molecule has 1 heterocycles. The number of alkyl carbamates (subject to hydrolysis) is 1. The Hall–Kier alpha value is -2.22. The largest absolute Gasteiger partial charge is 0.444 e. The molecular weight excluding hydrogens is 354 g/mol. The van der Waals surface area contributed by atoms with Gasteiger partial charge in [-0.3, -0.25) is 9.59 Å². The number of hydrogen-bond donors (Lipinski definition) is 3. The second-order valence-electron chi connectivity index (χ2n) is 6.49. The van der Waals surface area contributed by atoms with Gasteiger partial charge in [0.15, 0.2) is 0 Å². The van der Waals surface area contributed by atoms with E-state index in [1.54, 1.807) is 23.1 Å². The summed E-state index contributed by atoms with van der Waals surface area (Å²) in [6.45, 7) is 8.56. The van der Waals surface area contributed by atoms with Crippen molar-refractivity contribution >= 4 is 36.2 Å². The first-order valence-corrected chi connectivity index (χ1v) is 9.08. The van der Waals surface area contributed by atoms with E-state index >= 15 is 0 Å². The number of hydrogen-bond acceptors (Lipinski definition) is 5. The van der Waals surface area contributed by atoms with Crippen molar-refractivity contribution in [3.8, 4) is 0 Å². The van der Waals surface area contributed by atoms with Gasteiger partial charge in [0.2, 0.25) is 5.91 Å². The molecule has 1 aromatic carbocycles. The highest BCUT2D eigenvalue weighted by atomic mass is 32.1. The maximum atomic E-state index is 11.7. The lowest BCUT2D eigenvalue weighted by molar-refractivity contribution is -0.117. The third-order valence-electron chi connectivity index (χ3n) is 3.24. The number of rotatable bonds is 3. The van der Waals surface area contributed by atoms with Crippen molar-refractivity contribution in [2.24, 2.45) is 0 Å². The lowest BCUT2D eigenvalue weighted by atomic mass is 10.1. The summed E-state index contributed by atoms with van der Waals surface area (Å²) in [5, 5.41) is 5.14. The van der Waals surface area contributed by atoms with Gasteiger partial charge in [0.25, 0.3) is 5.91 Å². The van der Waals surface area contributed by atoms with Crippen LogP contribution in [0.3, 0.4) is 0 Å². The van der Waals surface area contributed by atoms with Crippen LogP contribution in [0.2, 0.25) is 0 Å². The van der Waals surface area contributed by atoms with E-state index in [1.165, 1.54) is 0 Å². The summed E-state index contributed by atoms with van der Waals surface area (Å²) in [7, 11) is 0. The Morgan fingerprint density at radius 2 is 1.96 bits per heavy atom. The number of likely N-dealkylation sites (N-methyl/N-ethyl adjacent to an activating group) is 1. The lowest BCUT2D eigenvalue weighted by Gasteiger charge is -2.19. The highest BCUT2D eigenvalue weighted by Gasteiger charge is 2.24. The maximum Gasteiger partial charge on any atom is 0.407 e. The van der Waals surface area contributed by atoms with Gasteiger partial charge in [-0.2, -0.15) is 12.6 Å². The Balaban J connectivity index is 0.000000276. The fourth-order valence-electron chi connectivity index (χ4n) is 2.20.